The molecule has 37 heavy (non-hydrogen) atoms. The number of hydrogen-bond donors (Lipinski definition) is 1. The van der Waals surface area contributed by atoms with Crippen LogP contribution in [0, 0.1) is 5.82 Å². The van der Waals surface area contributed by atoms with Gasteiger partial charge in [-0.25, -0.2) is 9.18 Å². The van der Waals surface area contributed by atoms with Crippen molar-refractivity contribution < 1.29 is 33.0 Å². The van der Waals surface area contributed by atoms with Gasteiger partial charge in [0.25, 0.3) is 5.91 Å². The van der Waals surface area contributed by atoms with Crippen molar-refractivity contribution in [2.75, 3.05) is 26.2 Å². The first kappa shape index (κ1) is 28.4. The van der Waals surface area contributed by atoms with Crippen molar-refractivity contribution in [2.24, 2.45) is 0 Å². The number of nitrogens with zero attached hydrogens (tertiary/aromatic N) is 1. The summed E-state index contributed by atoms with van der Waals surface area (Å²) in [6.45, 7) is 11.2. The smallest absolute Gasteiger partial charge is 0.484 e. The van der Waals surface area contributed by atoms with Crippen molar-refractivity contribution in [1.82, 2.24) is 10.2 Å². The zero-order valence-electron chi connectivity index (χ0n) is 21.6. The molecule has 0 saturated heterocycles. The van der Waals surface area contributed by atoms with Gasteiger partial charge in [0.15, 0.2) is 11.9 Å². The Morgan fingerprint density at radius 1 is 1.11 bits per heavy atom. The quantitative estimate of drug-likeness (QED) is 0.349. The van der Waals surface area contributed by atoms with E-state index in [1.165, 1.54) is 19.1 Å². The van der Waals surface area contributed by atoms with Crippen LogP contribution in [0.5, 0.6) is 5.75 Å². The molecule has 10 heteroatoms. The Bertz CT molecular complexity index is 1170. The van der Waals surface area contributed by atoms with Crippen LogP contribution in [0.4, 0.5) is 9.18 Å². The first-order chi connectivity index (χ1) is 17.5. The monoisotopic (exact) mass is 534 g/mol. The molecule has 2 atom stereocenters. The molecule has 1 aliphatic heterocycles. The van der Waals surface area contributed by atoms with E-state index in [9.17, 15) is 18.8 Å². The number of hydrogen-bond acceptors (Lipinski definition) is 7. The van der Waals surface area contributed by atoms with E-state index < -0.39 is 35.6 Å². The van der Waals surface area contributed by atoms with E-state index in [0.29, 0.717) is 23.4 Å². The molecule has 0 fully saturated rings. The van der Waals surface area contributed by atoms with Gasteiger partial charge in [-0.15, -0.1) is 0 Å². The number of likely N-dealkylation sites (N-methyl/N-ethyl adjacent to an activating group) is 1. The lowest BCUT2D eigenvalue weighted by Crippen LogP contribution is -2.55. The summed E-state index contributed by atoms with van der Waals surface area (Å²) < 4.78 is 30.8. The SMILES string of the molecule is CCN(CC)CCOC(=O)O[C@H]1[C@H](NC(=O)c2ccc(F)c(Cl)c2)c2cc(C(C)=O)ccc2OC1(C)C. The Hall–Kier alpha value is -3.17. The molecule has 0 unspecified atom stereocenters. The van der Waals surface area contributed by atoms with E-state index >= 15 is 0 Å². The topological polar surface area (TPSA) is 94.2 Å². The number of Topliss-reactive ketones (excluding diaryl/α,β-unsaturated/α-hetero) is 1. The highest BCUT2D eigenvalue weighted by Crippen LogP contribution is 2.42. The molecule has 1 amide bonds. The van der Waals surface area contributed by atoms with Gasteiger partial charge in [-0.3, -0.25) is 9.59 Å². The van der Waals surface area contributed by atoms with Crippen molar-refractivity contribution >= 4 is 29.4 Å². The summed E-state index contributed by atoms with van der Waals surface area (Å²) >= 11 is 5.87. The number of nitrogens with one attached hydrogen (secondary N) is 1. The maximum Gasteiger partial charge on any atom is 0.508 e. The fraction of sp³-hybridized carbons (Fsp3) is 0.444. The Kier molecular flexibility index (Phi) is 9.15. The van der Waals surface area contributed by atoms with Crippen LogP contribution < -0.4 is 10.1 Å². The average molecular weight is 535 g/mol. The molecule has 8 nitrogen and oxygen atoms in total. The number of fused-ring (bicyclic) bond motifs is 1. The molecule has 0 saturated carbocycles. The normalized spacial score (nSPS) is 17.9. The van der Waals surface area contributed by atoms with Crippen LogP contribution in [0.25, 0.3) is 0 Å². The number of ketones is 1. The molecule has 3 rings (SSSR count). The molecule has 0 spiro atoms. The van der Waals surface area contributed by atoms with E-state index in [-0.39, 0.29) is 23.0 Å². The first-order valence-electron chi connectivity index (χ1n) is 12.1. The Balaban J connectivity index is 1.92. The lowest BCUT2D eigenvalue weighted by atomic mass is 9.85. The van der Waals surface area contributed by atoms with Crippen LogP contribution in [-0.4, -0.2) is 60.7 Å². The molecular formula is C27H32ClFN2O6. The molecule has 0 aromatic heterocycles. The summed E-state index contributed by atoms with van der Waals surface area (Å²) in [5.41, 5.74) is -0.122. The number of halogens is 2. The van der Waals surface area contributed by atoms with Crippen LogP contribution in [0.3, 0.4) is 0 Å². The molecular weight excluding hydrogens is 503 g/mol. The van der Waals surface area contributed by atoms with E-state index in [4.69, 9.17) is 25.8 Å². The zero-order valence-corrected chi connectivity index (χ0v) is 22.4. The maximum absolute atomic E-state index is 13.7. The summed E-state index contributed by atoms with van der Waals surface area (Å²) in [6.07, 6.45) is -1.94. The van der Waals surface area contributed by atoms with E-state index in [1.54, 1.807) is 32.0 Å². The van der Waals surface area contributed by atoms with Crippen molar-refractivity contribution in [3.8, 4) is 5.75 Å². The van der Waals surface area contributed by atoms with Gasteiger partial charge in [0.1, 0.15) is 23.8 Å². The van der Waals surface area contributed by atoms with Gasteiger partial charge in [-0.2, -0.15) is 0 Å². The number of carbonyl (C=O) groups is 3. The van der Waals surface area contributed by atoms with E-state index in [1.807, 2.05) is 13.8 Å². The zero-order chi connectivity index (χ0) is 27.3. The lowest BCUT2D eigenvalue weighted by molar-refractivity contribution is -0.0890. The van der Waals surface area contributed by atoms with Crippen molar-refractivity contribution in [1.29, 1.82) is 0 Å². The number of benzene rings is 2. The predicted molar refractivity (Wildman–Crippen MR) is 137 cm³/mol. The summed E-state index contributed by atoms with van der Waals surface area (Å²) in [6, 6.07) is 7.54. The second kappa shape index (κ2) is 11.9. The third-order valence-electron chi connectivity index (χ3n) is 6.33. The van der Waals surface area contributed by atoms with Gasteiger partial charge >= 0.3 is 6.16 Å². The Morgan fingerprint density at radius 2 is 1.78 bits per heavy atom. The van der Waals surface area contributed by atoms with Crippen LogP contribution in [0.15, 0.2) is 36.4 Å². The number of carbonyl (C=O) groups excluding carboxylic acids is 3. The third kappa shape index (κ3) is 6.78. The van der Waals surface area contributed by atoms with Crippen molar-refractivity contribution in [3.05, 3.63) is 63.9 Å². The summed E-state index contributed by atoms with van der Waals surface area (Å²) in [5, 5.41) is 2.65. The highest BCUT2D eigenvalue weighted by atomic mass is 35.5. The number of rotatable bonds is 9. The summed E-state index contributed by atoms with van der Waals surface area (Å²) in [4.78, 5) is 40.0. The van der Waals surface area contributed by atoms with Crippen LogP contribution in [-0.2, 0) is 9.47 Å². The van der Waals surface area contributed by atoms with Gasteiger partial charge in [-0.1, -0.05) is 25.4 Å². The predicted octanol–water partition coefficient (Wildman–Crippen LogP) is 5.19. The number of amides is 1. The molecule has 2 aromatic rings. The minimum Gasteiger partial charge on any atom is -0.484 e. The fourth-order valence-electron chi connectivity index (χ4n) is 4.17. The van der Waals surface area contributed by atoms with Crippen LogP contribution in [0.2, 0.25) is 5.02 Å². The minimum atomic E-state index is -1.08. The highest BCUT2D eigenvalue weighted by Gasteiger charge is 2.48. The molecule has 1 N–H and O–H groups in total. The Morgan fingerprint density at radius 3 is 2.41 bits per heavy atom. The summed E-state index contributed by atoms with van der Waals surface area (Å²) in [7, 11) is 0. The van der Waals surface area contributed by atoms with Gasteiger partial charge in [-0.05, 0) is 70.3 Å². The van der Waals surface area contributed by atoms with E-state index in [0.717, 1.165) is 19.2 Å². The number of ether oxygens (including phenoxy) is 3. The van der Waals surface area contributed by atoms with Crippen molar-refractivity contribution in [2.45, 2.75) is 52.4 Å². The molecule has 2 aromatic carbocycles. The third-order valence-corrected chi connectivity index (χ3v) is 6.62. The maximum atomic E-state index is 13.7. The minimum absolute atomic E-state index is 0.112. The average Bonchev–Trinajstić information content (AvgIpc) is 2.85. The van der Waals surface area contributed by atoms with Crippen molar-refractivity contribution in [3.63, 3.8) is 0 Å². The van der Waals surface area contributed by atoms with Gasteiger partial charge in [0.2, 0.25) is 0 Å². The highest BCUT2D eigenvalue weighted by molar-refractivity contribution is 6.31. The van der Waals surface area contributed by atoms with Crippen LogP contribution in [0.1, 0.15) is 66.9 Å². The van der Waals surface area contributed by atoms with Gasteiger partial charge in [0.05, 0.1) is 11.1 Å². The fourth-order valence-corrected chi connectivity index (χ4v) is 4.35. The van der Waals surface area contributed by atoms with Gasteiger partial charge < -0.3 is 24.4 Å². The largest absolute Gasteiger partial charge is 0.508 e. The van der Waals surface area contributed by atoms with Crippen LogP contribution >= 0.6 is 11.6 Å². The molecule has 1 aliphatic rings. The standard InChI is InChI=1S/C27H32ClFN2O6/c1-6-31(7-2)12-13-35-26(34)36-24-23(30-25(33)18-8-10-21(29)20(28)15-18)19-14-17(16(3)32)9-11-22(19)37-27(24,4)5/h8-11,14-15,23-24H,6-7,12-13H2,1-5H3,(H,30,33)/t23-,24+/m1/s1. The molecule has 1 heterocycles. The molecule has 0 bridgehead atoms. The van der Waals surface area contributed by atoms with E-state index in [2.05, 4.69) is 10.2 Å². The summed E-state index contributed by atoms with van der Waals surface area (Å²) in [5.74, 6) is -0.994. The molecule has 200 valence electrons. The van der Waals surface area contributed by atoms with Gasteiger partial charge in [0, 0.05) is 23.2 Å². The first-order valence-corrected chi connectivity index (χ1v) is 12.5. The molecule has 0 radical (unpaired) electrons. The second-order valence-electron chi connectivity index (χ2n) is 9.26. The Labute approximate surface area is 221 Å². The molecule has 0 aliphatic carbocycles. The second-order valence-corrected chi connectivity index (χ2v) is 9.67. The lowest BCUT2D eigenvalue weighted by Gasteiger charge is -2.44.